The van der Waals surface area contributed by atoms with Gasteiger partial charge in [-0.3, -0.25) is 9.69 Å². The third kappa shape index (κ3) is 5.08. The number of carbonyl (C=O) groups is 1. The van der Waals surface area contributed by atoms with Crippen LogP contribution < -0.4 is 10.2 Å². The quantitative estimate of drug-likeness (QED) is 0.851. The molecule has 0 radical (unpaired) electrons. The van der Waals surface area contributed by atoms with Crippen LogP contribution in [0, 0.1) is 6.92 Å². The number of hydrogen-bond acceptors (Lipinski definition) is 4. The summed E-state index contributed by atoms with van der Waals surface area (Å²) in [5.41, 5.74) is 4.49. The predicted molar refractivity (Wildman–Crippen MR) is 110 cm³/mol. The van der Waals surface area contributed by atoms with E-state index >= 15 is 0 Å². The monoisotopic (exact) mass is 367 g/mol. The van der Waals surface area contributed by atoms with Gasteiger partial charge in [-0.1, -0.05) is 24.3 Å². The molecule has 1 atom stereocenters. The van der Waals surface area contributed by atoms with Crippen LogP contribution in [0.4, 0.5) is 11.4 Å². The number of nitrogens with one attached hydrogen (secondary N) is 1. The second kappa shape index (κ2) is 9.02. The summed E-state index contributed by atoms with van der Waals surface area (Å²) in [6, 6.07) is 16.1. The first-order chi connectivity index (χ1) is 13.0. The molecule has 3 rings (SSSR count). The summed E-state index contributed by atoms with van der Waals surface area (Å²) in [7, 11) is 1.98. The fraction of sp³-hybridized carbons (Fsp3) is 0.409. The Bertz CT molecular complexity index is 754. The van der Waals surface area contributed by atoms with E-state index in [-0.39, 0.29) is 11.9 Å². The van der Waals surface area contributed by atoms with E-state index in [0.717, 1.165) is 38.5 Å². The maximum absolute atomic E-state index is 12.6. The summed E-state index contributed by atoms with van der Waals surface area (Å²) in [6.45, 7) is 8.14. The van der Waals surface area contributed by atoms with Gasteiger partial charge in [0.05, 0.1) is 19.3 Å². The van der Waals surface area contributed by atoms with Crippen molar-refractivity contribution < 1.29 is 9.53 Å². The summed E-state index contributed by atoms with van der Waals surface area (Å²) in [4.78, 5) is 17.0. The molecule has 0 saturated carbocycles. The van der Waals surface area contributed by atoms with Crippen LogP contribution in [0.1, 0.15) is 18.1 Å². The maximum Gasteiger partial charge on any atom is 0.241 e. The molecule has 1 N–H and O–H groups in total. The van der Waals surface area contributed by atoms with Crippen molar-refractivity contribution in [1.29, 1.82) is 0 Å². The fourth-order valence-corrected chi connectivity index (χ4v) is 3.22. The van der Waals surface area contributed by atoms with E-state index in [1.54, 1.807) is 0 Å². The second-order valence-corrected chi connectivity index (χ2v) is 7.15. The number of likely N-dealkylation sites (N-methyl/N-ethyl adjacent to an activating group) is 1. The van der Waals surface area contributed by atoms with Gasteiger partial charge < -0.3 is 15.0 Å². The third-order valence-corrected chi connectivity index (χ3v) is 5.23. The Balaban J connectivity index is 1.56. The van der Waals surface area contributed by atoms with Gasteiger partial charge in [0.1, 0.15) is 0 Å². The normalized spacial score (nSPS) is 15.6. The number of aryl methyl sites for hydroxylation is 1. The molecule has 1 amide bonds. The molecule has 0 aromatic heterocycles. The van der Waals surface area contributed by atoms with Crippen molar-refractivity contribution >= 4 is 17.3 Å². The van der Waals surface area contributed by atoms with Crippen LogP contribution in [0.5, 0.6) is 0 Å². The summed E-state index contributed by atoms with van der Waals surface area (Å²) in [5.74, 6) is 0.00482. The largest absolute Gasteiger partial charge is 0.378 e. The summed E-state index contributed by atoms with van der Waals surface area (Å²) < 4.78 is 5.39. The van der Waals surface area contributed by atoms with E-state index in [1.165, 1.54) is 16.8 Å². The lowest BCUT2D eigenvalue weighted by molar-refractivity contribution is -0.120. The highest BCUT2D eigenvalue weighted by atomic mass is 16.5. The van der Waals surface area contributed by atoms with Crippen LogP contribution in [0.3, 0.4) is 0 Å². The number of rotatable bonds is 6. The Morgan fingerprint density at radius 3 is 2.48 bits per heavy atom. The molecule has 0 aliphatic carbocycles. The maximum atomic E-state index is 12.6. The Hall–Kier alpha value is -2.37. The van der Waals surface area contributed by atoms with Gasteiger partial charge in [-0.05, 0) is 56.3 Å². The van der Waals surface area contributed by atoms with Crippen LogP contribution in [-0.2, 0) is 16.1 Å². The Kier molecular flexibility index (Phi) is 6.48. The first-order valence-electron chi connectivity index (χ1n) is 9.53. The van der Waals surface area contributed by atoms with Gasteiger partial charge in [0.25, 0.3) is 0 Å². The molecule has 0 unspecified atom stereocenters. The minimum Gasteiger partial charge on any atom is -0.378 e. The number of amides is 1. The molecule has 1 aliphatic rings. The molecular formula is C22H29N3O2. The number of anilines is 2. The van der Waals surface area contributed by atoms with Gasteiger partial charge in [0, 0.05) is 31.0 Å². The van der Waals surface area contributed by atoms with Crippen molar-refractivity contribution in [3.8, 4) is 0 Å². The van der Waals surface area contributed by atoms with Crippen molar-refractivity contribution in [3.63, 3.8) is 0 Å². The molecule has 2 aromatic carbocycles. The average molecular weight is 367 g/mol. The smallest absolute Gasteiger partial charge is 0.241 e. The van der Waals surface area contributed by atoms with Crippen LogP contribution in [0.2, 0.25) is 0 Å². The van der Waals surface area contributed by atoms with E-state index in [2.05, 4.69) is 46.3 Å². The molecule has 1 heterocycles. The Morgan fingerprint density at radius 1 is 1.15 bits per heavy atom. The van der Waals surface area contributed by atoms with Crippen molar-refractivity contribution in [2.24, 2.45) is 0 Å². The minimum atomic E-state index is -0.219. The number of morpholine rings is 1. The zero-order valence-corrected chi connectivity index (χ0v) is 16.4. The van der Waals surface area contributed by atoms with Crippen molar-refractivity contribution in [1.82, 2.24) is 4.90 Å². The van der Waals surface area contributed by atoms with Crippen LogP contribution in [0.25, 0.3) is 0 Å². The molecule has 1 fully saturated rings. The third-order valence-electron chi connectivity index (χ3n) is 5.23. The molecule has 0 bridgehead atoms. The standard InChI is InChI=1S/C22H29N3O2/c1-17-6-4-5-7-19(17)16-24(3)18(2)22(26)23-20-8-10-21(11-9-20)25-12-14-27-15-13-25/h4-11,18H,12-16H2,1-3H3,(H,23,26)/t18-/m0/s1. The first-order valence-corrected chi connectivity index (χ1v) is 9.53. The topological polar surface area (TPSA) is 44.8 Å². The number of benzene rings is 2. The molecule has 144 valence electrons. The SMILES string of the molecule is Cc1ccccc1CN(C)[C@@H](C)C(=O)Nc1ccc(N2CCOCC2)cc1. The van der Waals surface area contributed by atoms with Crippen molar-refractivity contribution in [2.75, 3.05) is 43.6 Å². The number of hydrogen-bond donors (Lipinski definition) is 1. The lowest BCUT2D eigenvalue weighted by atomic mass is 10.1. The van der Waals surface area contributed by atoms with E-state index < -0.39 is 0 Å². The predicted octanol–water partition coefficient (Wildman–Crippen LogP) is 3.29. The number of ether oxygens (including phenoxy) is 1. The van der Waals surface area contributed by atoms with Crippen molar-refractivity contribution in [3.05, 3.63) is 59.7 Å². The Morgan fingerprint density at radius 2 is 1.81 bits per heavy atom. The van der Waals surface area contributed by atoms with Crippen LogP contribution >= 0.6 is 0 Å². The van der Waals surface area contributed by atoms with Gasteiger partial charge in [-0.25, -0.2) is 0 Å². The van der Waals surface area contributed by atoms with Crippen LogP contribution in [-0.4, -0.2) is 50.2 Å². The highest BCUT2D eigenvalue weighted by molar-refractivity contribution is 5.94. The zero-order chi connectivity index (χ0) is 19.2. The van der Waals surface area contributed by atoms with Gasteiger partial charge in [0.2, 0.25) is 5.91 Å². The molecule has 5 nitrogen and oxygen atoms in total. The lowest BCUT2D eigenvalue weighted by Gasteiger charge is -2.29. The lowest BCUT2D eigenvalue weighted by Crippen LogP contribution is -2.39. The molecule has 5 heteroatoms. The highest BCUT2D eigenvalue weighted by Gasteiger charge is 2.19. The van der Waals surface area contributed by atoms with E-state index in [1.807, 2.05) is 38.2 Å². The molecule has 1 saturated heterocycles. The molecular weight excluding hydrogens is 338 g/mol. The van der Waals surface area contributed by atoms with Crippen LogP contribution in [0.15, 0.2) is 48.5 Å². The molecule has 0 spiro atoms. The number of nitrogens with zero attached hydrogens (tertiary/aromatic N) is 2. The van der Waals surface area contributed by atoms with E-state index in [4.69, 9.17) is 4.74 Å². The zero-order valence-electron chi connectivity index (χ0n) is 16.4. The summed E-state index contributed by atoms with van der Waals surface area (Å²) in [6.07, 6.45) is 0. The van der Waals surface area contributed by atoms with Gasteiger partial charge >= 0.3 is 0 Å². The summed E-state index contributed by atoms with van der Waals surface area (Å²) in [5, 5.41) is 3.03. The second-order valence-electron chi connectivity index (χ2n) is 7.15. The van der Waals surface area contributed by atoms with Gasteiger partial charge in [0.15, 0.2) is 0 Å². The Labute approximate surface area is 161 Å². The molecule has 27 heavy (non-hydrogen) atoms. The summed E-state index contributed by atoms with van der Waals surface area (Å²) >= 11 is 0. The van der Waals surface area contributed by atoms with Gasteiger partial charge in [-0.15, -0.1) is 0 Å². The number of carbonyl (C=O) groups excluding carboxylic acids is 1. The fourth-order valence-electron chi connectivity index (χ4n) is 3.22. The van der Waals surface area contributed by atoms with E-state index in [0.29, 0.717) is 0 Å². The molecule has 2 aromatic rings. The highest BCUT2D eigenvalue weighted by Crippen LogP contribution is 2.19. The van der Waals surface area contributed by atoms with Crippen molar-refractivity contribution in [2.45, 2.75) is 26.4 Å². The average Bonchev–Trinajstić information content (AvgIpc) is 2.70. The minimum absolute atomic E-state index is 0.00482. The first kappa shape index (κ1) is 19.4. The molecule has 1 aliphatic heterocycles. The van der Waals surface area contributed by atoms with Gasteiger partial charge in [-0.2, -0.15) is 0 Å². The van der Waals surface area contributed by atoms with E-state index in [9.17, 15) is 4.79 Å².